The molecule has 1 heterocycles. The van der Waals surface area contributed by atoms with Crippen molar-refractivity contribution in [3.8, 4) is 0 Å². The van der Waals surface area contributed by atoms with Crippen LogP contribution in [0.3, 0.4) is 0 Å². The van der Waals surface area contributed by atoms with E-state index in [1.165, 1.54) is 4.90 Å². The van der Waals surface area contributed by atoms with Gasteiger partial charge < -0.3 is 0 Å². The van der Waals surface area contributed by atoms with E-state index in [9.17, 15) is 14.4 Å². The van der Waals surface area contributed by atoms with Gasteiger partial charge in [0.05, 0.1) is 29.4 Å². The van der Waals surface area contributed by atoms with Crippen molar-refractivity contribution in [2.24, 2.45) is 16.9 Å². The lowest BCUT2D eigenvalue weighted by Crippen LogP contribution is -2.54. The van der Waals surface area contributed by atoms with Gasteiger partial charge in [0.25, 0.3) is 0 Å². The number of carbonyl (C=O) groups is 3. The normalized spacial score (nSPS) is 23.1. The lowest BCUT2D eigenvalue weighted by Gasteiger charge is -2.52. The van der Waals surface area contributed by atoms with Crippen LogP contribution in [-0.4, -0.2) is 23.9 Å². The SMILES string of the molecule is O=C(Cc1ccc(Cl)cc1)N/N=C\C12c3ccccc3C(c3ccccc31)[C@H]1C(=O)N(c3cccc4ccccc34)C(=O)[C@@H]12. The molecule has 0 unspecified atom stereocenters. The number of imide groups is 1. The van der Waals surface area contributed by atoms with Crippen molar-refractivity contribution in [2.45, 2.75) is 17.8 Å². The van der Waals surface area contributed by atoms with Gasteiger partial charge in [0, 0.05) is 22.5 Å². The number of hydrogen-bond donors (Lipinski definition) is 1. The smallest absolute Gasteiger partial charge is 0.244 e. The van der Waals surface area contributed by atoms with Crippen molar-refractivity contribution in [1.29, 1.82) is 0 Å². The van der Waals surface area contributed by atoms with Crippen molar-refractivity contribution in [1.82, 2.24) is 5.43 Å². The zero-order chi connectivity index (χ0) is 30.0. The number of nitrogens with one attached hydrogen (secondary N) is 1. The van der Waals surface area contributed by atoms with Crippen molar-refractivity contribution in [3.63, 3.8) is 0 Å². The largest absolute Gasteiger partial charge is 0.274 e. The quantitative estimate of drug-likeness (QED) is 0.145. The van der Waals surface area contributed by atoms with Crippen LogP contribution in [0.4, 0.5) is 5.69 Å². The van der Waals surface area contributed by atoms with Crippen LogP contribution in [0.2, 0.25) is 5.02 Å². The number of amides is 3. The lowest BCUT2D eigenvalue weighted by molar-refractivity contribution is -0.123. The predicted octanol–water partition coefficient (Wildman–Crippen LogP) is 6.39. The van der Waals surface area contributed by atoms with E-state index in [2.05, 4.69) is 10.5 Å². The second kappa shape index (κ2) is 10.00. The van der Waals surface area contributed by atoms with E-state index in [1.807, 2.05) is 91.0 Å². The van der Waals surface area contributed by atoms with Crippen LogP contribution < -0.4 is 10.3 Å². The summed E-state index contributed by atoms with van der Waals surface area (Å²) in [5, 5.41) is 6.90. The molecule has 0 spiro atoms. The molecule has 9 rings (SSSR count). The molecule has 4 aliphatic rings. The fourth-order valence-electron chi connectivity index (χ4n) is 7.72. The summed E-state index contributed by atoms with van der Waals surface area (Å²) in [5.74, 6) is -2.41. The Morgan fingerprint density at radius 2 is 1.43 bits per heavy atom. The number of hydrazone groups is 1. The molecule has 214 valence electrons. The number of carbonyl (C=O) groups excluding carboxylic acids is 3. The highest BCUT2D eigenvalue weighted by Gasteiger charge is 2.68. The van der Waals surface area contributed by atoms with Gasteiger partial charge in [0.1, 0.15) is 0 Å². The van der Waals surface area contributed by atoms with E-state index in [-0.39, 0.29) is 30.1 Å². The van der Waals surface area contributed by atoms with Gasteiger partial charge in [-0.05, 0) is 51.4 Å². The summed E-state index contributed by atoms with van der Waals surface area (Å²) in [5.41, 5.74) is 6.89. The number of nitrogens with zero attached hydrogens (tertiary/aromatic N) is 2. The molecule has 44 heavy (non-hydrogen) atoms. The Labute approximate surface area is 259 Å². The minimum absolute atomic E-state index is 0.120. The molecule has 2 atom stereocenters. The molecule has 0 saturated carbocycles. The van der Waals surface area contributed by atoms with Gasteiger partial charge in [-0.3, -0.25) is 14.4 Å². The van der Waals surface area contributed by atoms with Gasteiger partial charge in [-0.1, -0.05) is 109 Å². The molecule has 3 amide bonds. The number of benzene rings is 5. The molecule has 1 N–H and O–H groups in total. The standard InChI is InChI=1S/C37H26ClN3O3/c38-24-18-16-22(17-19-24)20-31(42)40-39-21-37-28-13-5-3-11-26(28)32(27-12-4-6-14-29(27)37)33-34(37)36(44)41(35(33)43)30-15-7-9-23-8-1-2-10-25(23)30/h1-19,21,32-34H,20H2,(H,40,42)/b39-21-/t32?,33-,34-,37?/m1/s1. The van der Waals surface area contributed by atoms with Crippen LogP contribution >= 0.6 is 11.6 Å². The molecular formula is C37H26ClN3O3. The monoisotopic (exact) mass is 595 g/mol. The molecule has 0 aromatic heterocycles. The molecule has 3 aliphatic carbocycles. The second-order valence-corrected chi connectivity index (χ2v) is 12.1. The molecule has 6 nitrogen and oxygen atoms in total. The molecule has 5 aromatic carbocycles. The van der Waals surface area contributed by atoms with Gasteiger partial charge in [-0.25, -0.2) is 10.3 Å². The summed E-state index contributed by atoms with van der Waals surface area (Å²) in [7, 11) is 0. The van der Waals surface area contributed by atoms with Crippen molar-refractivity contribution < 1.29 is 14.4 Å². The van der Waals surface area contributed by atoms with E-state index in [4.69, 9.17) is 11.6 Å². The van der Waals surface area contributed by atoms with Gasteiger partial charge in [-0.15, -0.1) is 0 Å². The topological polar surface area (TPSA) is 78.8 Å². The maximum absolute atomic E-state index is 14.7. The van der Waals surface area contributed by atoms with E-state index in [0.29, 0.717) is 10.7 Å². The predicted molar refractivity (Wildman–Crippen MR) is 171 cm³/mol. The van der Waals surface area contributed by atoms with Crippen molar-refractivity contribution in [2.75, 3.05) is 4.90 Å². The van der Waals surface area contributed by atoms with E-state index >= 15 is 0 Å². The summed E-state index contributed by atoms with van der Waals surface area (Å²) < 4.78 is 0. The zero-order valence-electron chi connectivity index (χ0n) is 23.5. The van der Waals surface area contributed by atoms with Crippen LogP contribution in [0.5, 0.6) is 0 Å². The average Bonchev–Trinajstić information content (AvgIpc) is 3.32. The molecule has 0 radical (unpaired) electrons. The maximum atomic E-state index is 14.7. The van der Waals surface area contributed by atoms with Gasteiger partial charge in [0.2, 0.25) is 17.7 Å². The maximum Gasteiger partial charge on any atom is 0.244 e. The Bertz CT molecular complexity index is 1980. The molecule has 1 saturated heterocycles. The summed E-state index contributed by atoms with van der Waals surface area (Å²) in [4.78, 5) is 43.6. The highest BCUT2D eigenvalue weighted by molar-refractivity contribution is 6.30. The molecule has 7 heteroatoms. The number of anilines is 1. The van der Waals surface area contributed by atoms with Crippen molar-refractivity contribution in [3.05, 3.63) is 148 Å². The first-order valence-electron chi connectivity index (χ1n) is 14.6. The minimum Gasteiger partial charge on any atom is -0.274 e. The first-order valence-corrected chi connectivity index (χ1v) is 15.0. The fourth-order valence-corrected chi connectivity index (χ4v) is 7.85. The van der Waals surface area contributed by atoms with Crippen LogP contribution in [0.25, 0.3) is 10.8 Å². The lowest BCUT2D eigenvalue weighted by atomic mass is 9.47. The Morgan fingerprint density at radius 1 is 0.795 bits per heavy atom. The van der Waals surface area contributed by atoms with E-state index in [0.717, 1.165) is 38.6 Å². The average molecular weight is 596 g/mol. The molecule has 5 aromatic rings. The van der Waals surface area contributed by atoms with E-state index in [1.54, 1.807) is 30.5 Å². The van der Waals surface area contributed by atoms with Crippen LogP contribution in [-0.2, 0) is 26.2 Å². The third-order valence-corrected chi connectivity index (χ3v) is 9.68. The summed E-state index contributed by atoms with van der Waals surface area (Å²) >= 11 is 6.00. The van der Waals surface area contributed by atoms with Gasteiger partial charge in [0.15, 0.2) is 0 Å². The summed E-state index contributed by atoms with van der Waals surface area (Å²) in [6.45, 7) is 0. The van der Waals surface area contributed by atoms with Crippen LogP contribution in [0.15, 0.2) is 120 Å². The highest BCUT2D eigenvalue weighted by atomic mass is 35.5. The van der Waals surface area contributed by atoms with Gasteiger partial charge in [-0.2, -0.15) is 5.10 Å². The number of halogens is 1. The van der Waals surface area contributed by atoms with Crippen LogP contribution in [0.1, 0.15) is 33.7 Å². The third kappa shape index (κ3) is 3.74. The Balaban J connectivity index is 1.26. The zero-order valence-corrected chi connectivity index (χ0v) is 24.2. The fraction of sp³-hybridized carbons (Fsp3) is 0.135. The molecular weight excluding hydrogens is 570 g/mol. The first kappa shape index (κ1) is 26.5. The van der Waals surface area contributed by atoms with E-state index < -0.39 is 17.3 Å². The molecule has 2 bridgehead atoms. The minimum atomic E-state index is -1.06. The summed E-state index contributed by atoms with van der Waals surface area (Å²) in [6.07, 6.45) is 1.81. The third-order valence-electron chi connectivity index (χ3n) is 9.43. The van der Waals surface area contributed by atoms with Gasteiger partial charge >= 0.3 is 0 Å². The van der Waals surface area contributed by atoms with Crippen molar-refractivity contribution >= 4 is 52.0 Å². The Hall–Kier alpha value is -5.07. The molecule has 1 aliphatic heterocycles. The summed E-state index contributed by atoms with van der Waals surface area (Å²) in [6, 6.07) is 36.6. The number of rotatable bonds is 5. The number of fused-ring (bicyclic) bond motifs is 1. The molecule has 1 fully saturated rings. The second-order valence-electron chi connectivity index (χ2n) is 11.6. The Kier molecular flexibility index (Phi) is 6.03. The first-order chi connectivity index (χ1) is 21.5. The number of hydrogen-bond acceptors (Lipinski definition) is 4. The Morgan fingerprint density at radius 3 is 2.16 bits per heavy atom. The highest BCUT2D eigenvalue weighted by Crippen LogP contribution is 2.63. The van der Waals surface area contributed by atoms with Crippen LogP contribution in [0, 0.1) is 11.8 Å².